The average molecular weight is 495 g/mol. The van der Waals surface area contributed by atoms with Crippen LogP contribution in [0.5, 0.6) is 11.5 Å². The molecule has 2 N–H and O–H groups in total. The van der Waals surface area contributed by atoms with E-state index in [9.17, 15) is 8.42 Å². The molecule has 0 aliphatic carbocycles. The lowest BCUT2D eigenvalue weighted by molar-refractivity contribution is 0.354. The van der Waals surface area contributed by atoms with Crippen LogP contribution in [-0.4, -0.2) is 42.9 Å². The number of para-hydroxylation sites is 1. The largest absolute Gasteiger partial charge is 0.493 e. The van der Waals surface area contributed by atoms with Crippen LogP contribution in [0.25, 0.3) is 21.9 Å². The van der Waals surface area contributed by atoms with E-state index in [2.05, 4.69) is 18.5 Å². The number of fused-ring (bicyclic) bond motifs is 2. The highest BCUT2D eigenvalue weighted by atomic mass is 32.2. The molecule has 174 valence electrons. The first-order valence-electron chi connectivity index (χ1n) is 10.5. The monoisotopic (exact) mass is 494 g/mol. The van der Waals surface area contributed by atoms with Gasteiger partial charge in [-0.1, -0.05) is 30.3 Å². The fourth-order valence-corrected chi connectivity index (χ4v) is 5.94. The van der Waals surface area contributed by atoms with Crippen LogP contribution in [0.3, 0.4) is 0 Å². The molecule has 0 aliphatic heterocycles. The number of hydrogen-bond donors (Lipinski definition) is 2. The topological polar surface area (TPSA) is 106 Å². The molecule has 34 heavy (non-hydrogen) atoms. The molecule has 8 nitrogen and oxygen atoms in total. The number of sulfonamides is 1. The Kier molecular flexibility index (Phi) is 5.94. The Hall–Kier alpha value is -3.47. The third-order valence-electron chi connectivity index (χ3n) is 5.82. The van der Waals surface area contributed by atoms with E-state index >= 15 is 0 Å². The fourth-order valence-electron chi connectivity index (χ4n) is 4.13. The van der Waals surface area contributed by atoms with Gasteiger partial charge in [-0.2, -0.15) is 8.75 Å². The Bertz CT molecular complexity index is 1580. The number of nitrogens with zero attached hydrogens (tertiary/aromatic N) is 2. The van der Waals surface area contributed by atoms with E-state index in [0.29, 0.717) is 22.5 Å². The average Bonchev–Trinajstić information content (AvgIpc) is 3.51. The maximum Gasteiger partial charge on any atom is 0.242 e. The van der Waals surface area contributed by atoms with Crippen LogP contribution in [-0.2, 0) is 10.0 Å². The Morgan fingerprint density at radius 3 is 2.65 bits per heavy atom. The molecule has 1 atom stereocenters. The number of aromatic amines is 1. The second kappa shape index (κ2) is 9.05. The molecule has 2 aromatic heterocycles. The van der Waals surface area contributed by atoms with Crippen molar-refractivity contribution in [1.29, 1.82) is 0 Å². The highest BCUT2D eigenvalue weighted by molar-refractivity contribution is 7.89. The van der Waals surface area contributed by atoms with Crippen LogP contribution in [0.15, 0.2) is 71.8 Å². The maximum absolute atomic E-state index is 13.3. The molecule has 0 unspecified atom stereocenters. The summed E-state index contributed by atoms with van der Waals surface area (Å²) in [7, 11) is -0.688. The van der Waals surface area contributed by atoms with Gasteiger partial charge in [0.25, 0.3) is 0 Å². The van der Waals surface area contributed by atoms with E-state index in [-0.39, 0.29) is 17.4 Å². The molecule has 5 aromatic rings. The standard InChI is InChI=1S/C24H22N4O4S2/c1-31-21-11-10-15(12-22(21)32-2)17(18-13-25-19-7-4-3-6-16(18)19)14-26-34(29,30)23-9-5-8-20-24(23)28-33-27-20/h3-13,17,25-26H,14H2,1-2H3/t17-/m0/s1. The van der Waals surface area contributed by atoms with Gasteiger partial charge in [0.05, 0.1) is 25.9 Å². The van der Waals surface area contributed by atoms with Gasteiger partial charge in [-0.25, -0.2) is 13.1 Å². The molecule has 0 bridgehead atoms. The Morgan fingerprint density at radius 2 is 1.82 bits per heavy atom. The van der Waals surface area contributed by atoms with E-state index in [1.807, 2.05) is 48.7 Å². The number of nitrogens with one attached hydrogen (secondary N) is 2. The molecular formula is C24H22N4O4S2. The van der Waals surface area contributed by atoms with E-state index in [4.69, 9.17) is 9.47 Å². The molecule has 0 aliphatic rings. The van der Waals surface area contributed by atoms with Gasteiger partial charge >= 0.3 is 0 Å². The molecule has 10 heteroatoms. The minimum Gasteiger partial charge on any atom is -0.493 e. The van der Waals surface area contributed by atoms with Crippen molar-refractivity contribution in [3.8, 4) is 11.5 Å². The molecular weight excluding hydrogens is 472 g/mol. The summed E-state index contributed by atoms with van der Waals surface area (Å²) in [6.45, 7) is 0.133. The third kappa shape index (κ3) is 4.00. The summed E-state index contributed by atoms with van der Waals surface area (Å²) < 4.78 is 48.6. The zero-order chi connectivity index (χ0) is 23.7. The molecule has 3 aromatic carbocycles. The molecule has 0 saturated carbocycles. The summed E-state index contributed by atoms with van der Waals surface area (Å²) in [6.07, 6.45) is 1.92. The van der Waals surface area contributed by atoms with Crippen LogP contribution >= 0.6 is 11.7 Å². The number of benzene rings is 3. The number of H-pyrrole nitrogens is 1. The second-order valence-electron chi connectivity index (χ2n) is 7.70. The van der Waals surface area contributed by atoms with Crippen molar-refractivity contribution in [3.05, 3.63) is 78.0 Å². The van der Waals surface area contributed by atoms with Crippen LogP contribution in [0.1, 0.15) is 17.0 Å². The van der Waals surface area contributed by atoms with E-state index in [0.717, 1.165) is 33.8 Å². The van der Waals surface area contributed by atoms with Crippen molar-refractivity contribution in [3.63, 3.8) is 0 Å². The number of ether oxygens (including phenoxy) is 2. The van der Waals surface area contributed by atoms with Crippen molar-refractivity contribution >= 4 is 43.7 Å². The van der Waals surface area contributed by atoms with Gasteiger partial charge < -0.3 is 14.5 Å². The summed E-state index contributed by atoms with van der Waals surface area (Å²) in [5.41, 5.74) is 3.76. The van der Waals surface area contributed by atoms with Gasteiger partial charge in [0.2, 0.25) is 10.0 Å². The maximum atomic E-state index is 13.3. The summed E-state index contributed by atoms with van der Waals surface area (Å²) in [5, 5.41) is 1.02. The van der Waals surface area contributed by atoms with Gasteiger partial charge in [0.15, 0.2) is 11.5 Å². The van der Waals surface area contributed by atoms with Gasteiger partial charge in [-0.15, -0.1) is 0 Å². The first-order chi connectivity index (χ1) is 16.5. The van der Waals surface area contributed by atoms with Crippen LogP contribution in [0.2, 0.25) is 0 Å². The number of aromatic nitrogens is 3. The first-order valence-corrected chi connectivity index (χ1v) is 12.7. The Labute approximate surface area is 200 Å². The van der Waals surface area contributed by atoms with Crippen molar-refractivity contribution in [2.24, 2.45) is 0 Å². The highest BCUT2D eigenvalue weighted by Gasteiger charge is 2.25. The Morgan fingerprint density at radius 1 is 1.00 bits per heavy atom. The van der Waals surface area contributed by atoms with Crippen LogP contribution in [0, 0.1) is 0 Å². The number of hydrogen-bond acceptors (Lipinski definition) is 7. The number of methoxy groups -OCH3 is 2. The van der Waals surface area contributed by atoms with E-state index in [1.165, 1.54) is 0 Å². The lowest BCUT2D eigenvalue weighted by Gasteiger charge is -2.20. The van der Waals surface area contributed by atoms with Gasteiger partial charge in [0, 0.05) is 29.6 Å². The summed E-state index contributed by atoms with van der Waals surface area (Å²) in [5.74, 6) is 0.886. The van der Waals surface area contributed by atoms with Gasteiger partial charge in [0.1, 0.15) is 15.9 Å². The first kappa shape index (κ1) is 22.3. The van der Waals surface area contributed by atoms with Gasteiger partial charge in [-0.3, -0.25) is 0 Å². The van der Waals surface area contributed by atoms with Crippen molar-refractivity contribution in [1.82, 2.24) is 18.5 Å². The van der Waals surface area contributed by atoms with Crippen molar-refractivity contribution in [2.75, 3.05) is 20.8 Å². The molecule has 0 amide bonds. The highest BCUT2D eigenvalue weighted by Crippen LogP contribution is 2.36. The minimum absolute atomic E-state index is 0.115. The third-order valence-corrected chi connectivity index (χ3v) is 7.82. The lowest BCUT2D eigenvalue weighted by Crippen LogP contribution is -2.29. The Balaban J connectivity index is 1.56. The van der Waals surface area contributed by atoms with Crippen LogP contribution < -0.4 is 14.2 Å². The molecule has 2 heterocycles. The molecule has 0 fully saturated rings. The lowest BCUT2D eigenvalue weighted by atomic mass is 9.91. The smallest absolute Gasteiger partial charge is 0.242 e. The van der Waals surface area contributed by atoms with Crippen molar-refractivity contribution < 1.29 is 17.9 Å². The second-order valence-corrected chi connectivity index (χ2v) is 9.96. The van der Waals surface area contributed by atoms with Crippen LogP contribution in [0.4, 0.5) is 0 Å². The molecule has 0 spiro atoms. The quantitative estimate of drug-likeness (QED) is 0.333. The normalized spacial score (nSPS) is 12.8. The van der Waals surface area contributed by atoms with Crippen molar-refractivity contribution in [2.45, 2.75) is 10.8 Å². The summed E-state index contributed by atoms with van der Waals surface area (Å²) in [6, 6.07) is 18.5. The van der Waals surface area contributed by atoms with E-state index in [1.54, 1.807) is 32.4 Å². The predicted octanol–water partition coefficient (Wildman–Crippen LogP) is 4.30. The van der Waals surface area contributed by atoms with Gasteiger partial charge in [-0.05, 0) is 41.5 Å². The number of rotatable bonds is 8. The molecule has 5 rings (SSSR count). The predicted molar refractivity (Wildman–Crippen MR) is 132 cm³/mol. The summed E-state index contributed by atoms with van der Waals surface area (Å²) >= 11 is 0.989. The molecule has 0 radical (unpaired) electrons. The summed E-state index contributed by atoms with van der Waals surface area (Å²) in [4.78, 5) is 3.40. The minimum atomic E-state index is -3.84. The van der Waals surface area contributed by atoms with E-state index < -0.39 is 10.0 Å². The zero-order valence-electron chi connectivity index (χ0n) is 18.5. The SMILES string of the molecule is COc1ccc([C@H](CNS(=O)(=O)c2cccc3nsnc23)c2c[nH]c3ccccc23)cc1OC. The molecule has 0 saturated heterocycles. The fraction of sp³-hybridized carbons (Fsp3) is 0.167. The zero-order valence-corrected chi connectivity index (χ0v) is 20.1.